The molecule has 1 fully saturated rings. The zero-order valence-corrected chi connectivity index (χ0v) is 36.1. The van der Waals surface area contributed by atoms with Crippen molar-refractivity contribution in [3.63, 3.8) is 0 Å². The van der Waals surface area contributed by atoms with Gasteiger partial charge in [0.1, 0.15) is 18.2 Å². The number of benzene rings is 6. The number of phenols is 13. The number of carbonyl (C=O) groups is 5. The molecule has 1 aromatic heterocycles. The molecule has 4 heterocycles. The van der Waals surface area contributed by atoms with Crippen molar-refractivity contribution in [1.82, 2.24) is 9.97 Å². The molecule has 26 nitrogen and oxygen atoms in total. The molecular weight excluding hydrogens is 977 g/mol. The highest BCUT2D eigenvalue weighted by atomic mass is 16.7. The van der Waals surface area contributed by atoms with Crippen molar-refractivity contribution in [3.05, 3.63) is 88.5 Å². The van der Waals surface area contributed by atoms with Gasteiger partial charge in [-0.1, -0.05) is 12.1 Å². The second kappa shape index (κ2) is 16.7. The van der Waals surface area contributed by atoms with Crippen LogP contribution in [0.25, 0.3) is 44.3 Å². The van der Waals surface area contributed by atoms with Crippen LogP contribution in [0, 0.1) is 0 Å². The summed E-state index contributed by atoms with van der Waals surface area (Å²) in [7, 11) is 0. The number of esters is 5. The van der Waals surface area contributed by atoms with E-state index in [0.717, 1.165) is 6.07 Å². The molecule has 6 aromatic carbocycles. The van der Waals surface area contributed by atoms with Gasteiger partial charge in [-0.3, -0.25) is 0 Å². The summed E-state index contributed by atoms with van der Waals surface area (Å²) in [4.78, 5) is 81.5. The Labute approximate surface area is 402 Å². The van der Waals surface area contributed by atoms with Crippen LogP contribution in [0.3, 0.4) is 0 Å². The molecule has 3 aliphatic heterocycles. The van der Waals surface area contributed by atoms with Crippen LogP contribution in [0.1, 0.15) is 51.8 Å². The van der Waals surface area contributed by atoms with Crippen molar-refractivity contribution in [2.45, 2.75) is 30.7 Å². The third kappa shape index (κ3) is 7.27. The Morgan fingerprint density at radius 2 is 0.890 bits per heavy atom. The van der Waals surface area contributed by atoms with E-state index in [1.165, 1.54) is 12.1 Å². The molecule has 73 heavy (non-hydrogen) atoms. The minimum atomic E-state index is -2.51. The number of aromatic nitrogens is 2. The first kappa shape index (κ1) is 46.4. The lowest BCUT2D eigenvalue weighted by Crippen LogP contribution is -2.63. The number of hydrogen-bond donors (Lipinski definition) is 13. The highest BCUT2D eigenvalue weighted by Crippen LogP contribution is 2.54. The molecule has 0 saturated carbocycles. The molecule has 26 heteroatoms. The monoisotopic (exact) mass is 1010 g/mol. The highest BCUT2D eigenvalue weighted by Gasteiger charge is 2.56. The van der Waals surface area contributed by atoms with E-state index in [9.17, 15) is 85.6 Å². The Morgan fingerprint density at radius 3 is 1.41 bits per heavy atom. The first-order valence-corrected chi connectivity index (χ1v) is 20.8. The number of nitrogens with zero attached hydrogens (tertiary/aromatic N) is 2. The molecule has 13 N–H and O–H groups in total. The Kier molecular flexibility index (Phi) is 10.6. The molecule has 0 spiro atoms. The number of phenolic OH excluding ortho intramolecular Hbond substituents is 13. The van der Waals surface area contributed by atoms with Gasteiger partial charge in [0.15, 0.2) is 69.7 Å². The third-order valence-electron chi connectivity index (χ3n) is 12.0. The lowest BCUT2D eigenvalue weighted by molar-refractivity contribution is -0.282. The van der Waals surface area contributed by atoms with Gasteiger partial charge in [0.05, 0.1) is 44.4 Å². The van der Waals surface area contributed by atoms with Crippen LogP contribution in [0.2, 0.25) is 0 Å². The smallest absolute Gasteiger partial charge is 0.340 e. The zero-order chi connectivity index (χ0) is 52.2. The summed E-state index contributed by atoms with van der Waals surface area (Å²) in [5.74, 6) is -24.6. The lowest BCUT2D eigenvalue weighted by Gasteiger charge is -2.44. The van der Waals surface area contributed by atoms with Gasteiger partial charge in [-0.05, 0) is 48.5 Å². The average Bonchev–Trinajstić information content (AvgIpc) is 3.36. The Hall–Kier alpha value is -10.4. The van der Waals surface area contributed by atoms with E-state index in [-0.39, 0.29) is 22.1 Å². The second-order valence-corrected chi connectivity index (χ2v) is 16.3. The average molecular weight is 1010 g/mol. The van der Waals surface area contributed by atoms with Crippen molar-refractivity contribution < 1.29 is 119 Å². The minimum Gasteiger partial charge on any atom is -0.505 e. The highest BCUT2D eigenvalue weighted by molar-refractivity contribution is 6.12. The maximum Gasteiger partial charge on any atom is 0.340 e. The molecule has 0 amide bonds. The maximum atomic E-state index is 15.0. The van der Waals surface area contributed by atoms with Crippen LogP contribution >= 0.6 is 0 Å². The largest absolute Gasteiger partial charge is 0.505 e. The number of hydrogen-bond acceptors (Lipinski definition) is 26. The Balaban J connectivity index is 1.24. The van der Waals surface area contributed by atoms with E-state index < -0.39 is 192 Å². The van der Waals surface area contributed by atoms with Gasteiger partial charge >= 0.3 is 29.8 Å². The van der Waals surface area contributed by atoms with Crippen molar-refractivity contribution in [2.75, 3.05) is 6.61 Å². The van der Waals surface area contributed by atoms with Gasteiger partial charge in [-0.25, -0.2) is 33.9 Å². The molecular formula is C47H30N2O24. The van der Waals surface area contributed by atoms with E-state index in [2.05, 4.69) is 9.97 Å². The van der Waals surface area contributed by atoms with E-state index in [1.807, 2.05) is 0 Å². The Morgan fingerprint density at radius 1 is 0.466 bits per heavy atom. The van der Waals surface area contributed by atoms with E-state index in [1.54, 1.807) is 12.1 Å². The van der Waals surface area contributed by atoms with Gasteiger partial charge < -0.3 is 94.8 Å². The standard InChI is InChI=1S/C47H30N2O24/c50-20-5-12(6-21(51)31(20)55)42(63)73-47-41-40-39(25(69-47)11-68-43(64)14-8-22(52)32(56)36(60)27(14)29-16(46(67)71-40)10-24(54)34(58)38(29)62)70-45(66)15-9-23(53)33(57)37(61)28(15)26-13(44(65)72-41)7-19-30(35(26)59)49-18-4-2-1-3-17(18)48-19/h1-10,25,39-41,47,50-62H,11H2. The SMILES string of the molecule is O=C(OC1OC2COC(=O)c3cc(O)c(O)c(O)c3-c3c(cc(O)c(O)c3O)C(=O)OC3C2OC(=O)c2cc(O)c(O)c(O)c2-c2c(cc4nc5ccccc5nc4c2O)C(=O)OC13)c1cc(O)c(O)c(O)c1. The summed E-state index contributed by atoms with van der Waals surface area (Å²) in [6.07, 6.45) is -12.0. The molecule has 372 valence electrons. The summed E-state index contributed by atoms with van der Waals surface area (Å²) in [6, 6.07) is 9.72. The van der Waals surface area contributed by atoms with Crippen LogP contribution in [0.4, 0.5) is 0 Å². The lowest BCUT2D eigenvalue weighted by atomic mass is 9.91. The normalized spacial score (nSPS) is 19.5. The quantitative estimate of drug-likeness (QED) is 0.0511. The third-order valence-corrected chi connectivity index (χ3v) is 12.0. The van der Waals surface area contributed by atoms with Crippen LogP contribution < -0.4 is 0 Å². The summed E-state index contributed by atoms with van der Waals surface area (Å²) in [5.41, 5.74) is -8.87. The molecule has 10 rings (SSSR count). The minimum absolute atomic E-state index is 0.179. The molecule has 1 saturated heterocycles. The van der Waals surface area contributed by atoms with Crippen LogP contribution in [0.5, 0.6) is 74.7 Å². The van der Waals surface area contributed by atoms with Crippen LogP contribution in [-0.2, 0) is 28.4 Å². The predicted octanol–water partition coefficient (Wildman–Crippen LogP) is 3.33. The number of para-hydroxylation sites is 2. The van der Waals surface area contributed by atoms with Crippen molar-refractivity contribution in [1.29, 1.82) is 0 Å². The molecule has 3 aliphatic rings. The van der Waals surface area contributed by atoms with Crippen LogP contribution in [0.15, 0.2) is 60.7 Å². The predicted molar refractivity (Wildman–Crippen MR) is 234 cm³/mol. The van der Waals surface area contributed by atoms with Gasteiger partial charge in [-0.15, -0.1) is 0 Å². The summed E-state index contributed by atoms with van der Waals surface area (Å²) in [5, 5.41) is 141. The molecule has 7 aromatic rings. The topological polar surface area (TPSA) is 430 Å². The van der Waals surface area contributed by atoms with Crippen molar-refractivity contribution >= 4 is 51.9 Å². The van der Waals surface area contributed by atoms with E-state index >= 15 is 4.79 Å². The fraction of sp³-hybridized carbons (Fsp3) is 0.128. The van der Waals surface area contributed by atoms with Gasteiger partial charge in [0.2, 0.25) is 29.6 Å². The fourth-order valence-corrected chi connectivity index (χ4v) is 8.53. The maximum absolute atomic E-state index is 15.0. The number of ether oxygens (including phenoxy) is 6. The molecule has 4 bridgehead atoms. The van der Waals surface area contributed by atoms with Gasteiger partial charge in [-0.2, -0.15) is 0 Å². The van der Waals surface area contributed by atoms with E-state index in [0.29, 0.717) is 30.3 Å². The van der Waals surface area contributed by atoms with Crippen molar-refractivity contribution in [3.8, 4) is 97.0 Å². The first-order chi connectivity index (χ1) is 34.6. The first-order valence-electron chi connectivity index (χ1n) is 20.8. The fourth-order valence-electron chi connectivity index (χ4n) is 8.53. The summed E-state index contributed by atoms with van der Waals surface area (Å²) < 4.78 is 34.7. The number of aromatic hydroxyl groups is 13. The molecule has 0 radical (unpaired) electrons. The zero-order valence-electron chi connectivity index (χ0n) is 36.1. The number of fused-ring (bicyclic) bond motifs is 8. The molecule has 5 unspecified atom stereocenters. The Bertz CT molecular complexity index is 3630. The molecule has 0 aliphatic carbocycles. The summed E-state index contributed by atoms with van der Waals surface area (Å²) in [6.45, 7) is -1.25. The van der Waals surface area contributed by atoms with Crippen LogP contribution in [-0.4, -0.2) is 144 Å². The van der Waals surface area contributed by atoms with Gasteiger partial charge in [0, 0.05) is 22.3 Å². The van der Waals surface area contributed by atoms with Crippen molar-refractivity contribution in [2.24, 2.45) is 0 Å². The summed E-state index contributed by atoms with van der Waals surface area (Å²) >= 11 is 0. The van der Waals surface area contributed by atoms with E-state index in [4.69, 9.17) is 28.4 Å². The number of rotatable bonds is 2. The number of carbonyl (C=O) groups excluding carboxylic acids is 5. The van der Waals surface area contributed by atoms with Gasteiger partial charge in [0.25, 0.3) is 0 Å². The molecule has 5 atom stereocenters. The second-order valence-electron chi connectivity index (χ2n) is 16.3. The number of cyclic esters (lactones) is 1.